The molecule has 6 rings (SSSR count). The normalized spacial score (nSPS) is 19.9. The van der Waals surface area contributed by atoms with Crippen LogP contribution in [0.2, 0.25) is 0 Å². The Morgan fingerprint density at radius 3 is 1.98 bits per heavy atom. The van der Waals surface area contributed by atoms with Crippen molar-refractivity contribution in [3.05, 3.63) is 144 Å². The van der Waals surface area contributed by atoms with E-state index in [4.69, 9.17) is 4.74 Å². The highest BCUT2D eigenvalue weighted by Crippen LogP contribution is 2.44. The van der Waals surface area contributed by atoms with Gasteiger partial charge in [-0.25, -0.2) is 0 Å². The predicted octanol–water partition coefficient (Wildman–Crippen LogP) is 6.36. The second kappa shape index (κ2) is 12.3. The van der Waals surface area contributed by atoms with Gasteiger partial charge in [-0.15, -0.1) is 0 Å². The molecule has 2 atom stereocenters. The average Bonchev–Trinajstić information content (AvgIpc) is 3.03. The van der Waals surface area contributed by atoms with Crippen molar-refractivity contribution in [3.8, 4) is 0 Å². The maximum Gasteiger partial charge on any atom is 0.168 e. The van der Waals surface area contributed by atoms with Crippen molar-refractivity contribution < 1.29 is 9.53 Å². The molecule has 1 saturated heterocycles. The lowest BCUT2D eigenvalue weighted by molar-refractivity contribution is 0.0407. The number of carbonyl (C=O) groups excluding carboxylic acids is 1. The van der Waals surface area contributed by atoms with Gasteiger partial charge in [-0.3, -0.25) is 20.1 Å². The molecule has 4 aromatic carbocycles. The fourth-order valence-electron chi connectivity index (χ4n) is 5.98. The van der Waals surface area contributed by atoms with Gasteiger partial charge in [0.25, 0.3) is 0 Å². The molecule has 0 aromatic heterocycles. The standard InChI is InChI=1S/C35H35N3O2/c39-35(29-17-9-3-10-18-29)32-26-38(36-30-19-11-4-12-20-30)34(28-15-7-2-8-16-28)31(25-37-21-23-40-24-22-37)33(32)27-13-5-1-6-14-27/h1-20,32-33,36H,21-26H2/t32-,33-/m1/s1. The number of ketones is 1. The van der Waals surface area contributed by atoms with Crippen LogP contribution in [-0.2, 0) is 4.74 Å². The number of para-hydroxylation sites is 1. The summed E-state index contributed by atoms with van der Waals surface area (Å²) in [6.07, 6.45) is 0. The zero-order valence-electron chi connectivity index (χ0n) is 22.7. The van der Waals surface area contributed by atoms with Crippen molar-refractivity contribution in [2.75, 3.05) is 44.8 Å². The van der Waals surface area contributed by atoms with Crippen molar-refractivity contribution >= 4 is 17.2 Å². The Morgan fingerprint density at radius 2 is 1.32 bits per heavy atom. The number of nitrogens with zero attached hydrogens (tertiary/aromatic N) is 2. The largest absolute Gasteiger partial charge is 0.379 e. The number of carbonyl (C=O) groups is 1. The Hall–Kier alpha value is -4.19. The number of benzene rings is 4. The van der Waals surface area contributed by atoms with Crippen LogP contribution in [-0.4, -0.2) is 55.1 Å². The van der Waals surface area contributed by atoms with Crippen molar-refractivity contribution in [2.45, 2.75) is 5.92 Å². The van der Waals surface area contributed by atoms with E-state index in [9.17, 15) is 4.79 Å². The molecule has 0 bridgehead atoms. The van der Waals surface area contributed by atoms with E-state index in [1.807, 2.05) is 54.6 Å². The minimum atomic E-state index is -0.274. The Bertz CT molecular complexity index is 1420. The van der Waals surface area contributed by atoms with E-state index in [0.29, 0.717) is 6.54 Å². The summed E-state index contributed by atoms with van der Waals surface area (Å²) in [5.74, 6) is -0.175. The molecule has 202 valence electrons. The zero-order valence-corrected chi connectivity index (χ0v) is 22.7. The quantitative estimate of drug-likeness (QED) is 0.269. The molecule has 40 heavy (non-hydrogen) atoms. The van der Waals surface area contributed by atoms with E-state index in [1.165, 1.54) is 11.1 Å². The Kier molecular flexibility index (Phi) is 8.03. The fourth-order valence-corrected chi connectivity index (χ4v) is 5.98. The first-order valence-electron chi connectivity index (χ1n) is 14.1. The van der Waals surface area contributed by atoms with E-state index >= 15 is 0 Å². The zero-order chi connectivity index (χ0) is 27.1. The number of nitrogens with one attached hydrogen (secondary N) is 1. The third-order valence-corrected chi connectivity index (χ3v) is 7.87. The lowest BCUT2D eigenvalue weighted by Crippen LogP contribution is -2.47. The number of hydrazine groups is 1. The van der Waals surface area contributed by atoms with E-state index in [-0.39, 0.29) is 17.6 Å². The molecule has 0 unspecified atom stereocenters. The van der Waals surface area contributed by atoms with Gasteiger partial charge in [0.1, 0.15) is 0 Å². The number of anilines is 1. The van der Waals surface area contributed by atoms with Crippen molar-refractivity contribution in [1.29, 1.82) is 0 Å². The Morgan fingerprint density at radius 1 is 0.750 bits per heavy atom. The van der Waals surface area contributed by atoms with Crippen LogP contribution in [0.25, 0.3) is 5.70 Å². The second-order valence-corrected chi connectivity index (χ2v) is 10.4. The molecule has 0 amide bonds. The van der Waals surface area contributed by atoms with Gasteiger partial charge < -0.3 is 4.74 Å². The molecule has 1 fully saturated rings. The summed E-state index contributed by atoms with van der Waals surface area (Å²) in [6.45, 7) is 4.50. The lowest BCUT2D eigenvalue weighted by atomic mass is 9.73. The number of hydrogen-bond donors (Lipinski definition) is 1. The van der Waals surface area contributed by atoms with Gasteiger partial charge in [-0.05, 0) is 28.8 Å². The van der Waals surface area contributed by atoms with E-state index < -0.39 is 0 Å². The predicted molar refractivity (Wildman–Crippen MR) is 161 cm³/mol. The molecule has 2 heterocycles. The molecule has 0 spiro atoms. The first-order chi connectivity index (χ1) is 19.8. The maximum atomic E-state index is 14.4. The Balaban J connectivity index is 1.55. The van der Waals surface area contributed by atoms with Gasteiger partial charge >= 0.3 is 0 Å². The summed E-state index contributed by atoms with van der Waals surface area (Å²) in [5, 5.41) is 2.21. The molecule has 5 heteroatoms. The molecule has 2 aliphatic rings. The Labute approximate surface area is 236 Å². The van der Waals surface area contributed by atoms with E-state index in [2.05, 4.69) is 82.1 Å². The SMILES string of the molecule is O=C(c1ccccc1)[C@@H]1CN(Nc2ccccc2)C(c2ccccc2)=C(CN2CCOCC2)[C@H]1c1ccccc1. The van der Waals surface area contributed by atoms with E-state index in [1.54, 1.807) is 0 Å². The first kappa shape index (κ1) is 26.1. The summed E-state index contributed by atoms with van der Waals surface area (Å²) < 4.78 is 5.69. The van der Waals surface area contributed by atoms with Crippen LogP contribution in [0.15, 0.2) is 127 Å². The summed E-state index contributed by atoms with van der Waals surface area (Å²) in [5.41, 5.74) is 10.1. The number of morpholine rings is 1. The highest BCUT2D eigenvalue weighted by atomic mass is 16.5. The molecule has 4 aromatic rings. The maximum absolute atomic E-state index is 14.4. The van der Waals surface area contributed by atoms with E-state index in [0.717, 1.165) is 55.4 Å². The van der Waals surface area contributed by atoms with Crippen LogP contribution in [0.1, 0.15) is 27.4 Å². The number of hydrogen-bond acceptors (Lipinski definition) is 5. The van der Waals surface area contributed by atoms with Crippen LogP contribution < -0.4 is 5.43 Å². The molecule has 0 saturated carbocycles. The molecule has 1 N–H and O–H groups in total. The third kappa shape index (κ3) is 5.71. The molecular formula is C35H35N3O2. The second-order valence-electron chi connectivity index (χ2n) is 10.4. The van der Waals surface area contributed by atoms with Crippen molar-refractivity contribution in [2.24, 2.45) is 5.92 Å². The molecular weight excluding hydrogens is 494 g/mol. The van der Waals surface area contributed by atoms with Gasteiger partial charge in [-0.2, -0.15) is 0 Å². The summed E-state index contributed by atoms with van der Waals surface area (Å²) >= 11 is 0. The molecule has 5 nitrogen and oxygen atoms in total. The topological polar surface area (TPSA) is 44.8 Å². The molecule has 2 aliphatic heterocycles. The number of ether oxygens (including phenoxy) is 1. The van der Waals surface area contributed by atoms with Gasteiger partial charge in [0.15, 0.2) is 5.78 Å². The van der Waals surface area contributed by atoms with Crippen molar-refractivity contribution in [3.63, 3.8) is 0 Å². The summed E-state index contributed by atoms with van der Waals surface area (Å²) in [6, 6.07) is 41.2. The smallest absolute Gasteiger partial charge is 0.168 e. The number of Topliss-reactive ketones (excluding diaryl/α,β-unsaturated/α-hetero) is 1. The minimum absolute atomic E-state index is 0.0687. The summed E-state index contributed by atoms with van der Waals surface area (Å²) in [4.78, 5) is 16.8. The van der Waals surface area contributed by atoms with Crippen LogP contribution in [0.3, 0.4) is 0 Å². The first-order valence-corrected chi connectivity index (χ1v) is 14.1. The van der Waals surface area contributed by atoms with Crippen LogP contribution in [0.4, 0.5) is 5.69 Å². The van der Waals surface area contributed by atoms with Gasteiger partial charge in [-0.1, -0.05) is 109 Å². The number of rotatable bonds is 8. The van der Waals surface area contributed by atoms with Crippen LogP contribution in [0.5, 0.6) is 0 Å². The monoisotopic (exact) mass is 529 g/mol. The average molecular weight is 530 g/mol. The van der Waals surface area contributed by atoms with Crippen LogP contribution in [0, 0.1) is 5.92 Å². The lowest BCUT2D eigenvalue weighted by Gasteiger charge is -2.44. The van der Waals surface area contributed by atoms with Crippen molar-refractivity contribution in [1.82, 2.24) is 9.91 Å². The third-order valence-electron chi connectivity index (χ3n) is 7.87. The molecule has 0 radical (unpaired) electrons. The highest BCUT2D eigenvalue weighted by Gasteiger charge is 2.41. The molecule has 0 aliphatic carbocycles. The van der Waals surface area contributed by atoms with Crippen LogP contribution >= 0.6 is 0 Å². The van der Waals surface area contributed by atoms with Gasteiger partial charge in [0.05, 0.1) is 37.1 Å². The minimum Gasteiger partial charge on any atom is -0.379 e. The highest BCUT2D eigenvalue weighted by molar-refractivity contribution is 5.99. The summed E-state index contributed by atoms with van der Waals surface area (Å²) in [7, 11) is 0. The van der Waals surface area contributed by atoms with Gasteiger partial charge in [0.2, 0.25) is 0 Å². The van der Waals surface area contributed by atoms with Gasteiger partial charge in [0, 0.05) is 31.1 Å². The fraction of sp³-hybridized carbons (Fsp3) is 0.229.